The zero-order chi connectivity index (χ0) is 28.3. The quantitative estimate of drug-likeness (QED) is 0.265. The maximum atomic E-state index is 12.4. The van der Waals surface area contributed by atoms with Crippen LogP contribution in [-0.4, -0.2) is 63.9 Å². The highest BCUT2D eigenvalue weighted by Crippen LogP contribution is 2.42. The highest BCUT2D eigenvalue weighted by molar-refractivity contribution is 5.49. The Hall–Kier alpha value is -4.29. The van der Waals surface area contributed by atoms with Crippen LogP contribution >= 0.6 is 0 Å². The van der Waals surface area contributed by atoms with Crippen molar-refractivity contribution in [1.29, 1.82) is 0 Å². The van der Waals surface area contributed by atoms with Gasteiger partial charge in [-0.05, 0) is 41.0 Å². The second-order valence-electron chi connectivity index (χ2n) is 9.27. The topological polar surface area (TPSA) is 151 Å². The van der Waals surface area contributed by atoms with E-state index in [9.17, 15) is 15.0 Å². The molecule has 0 saturated carbocycles. The molecule has 5 rings (SSSR count). The van der Waals surface area contributed by atoms with Gasteiger partial charge in [-0.15, -0.1) is 0 Å². The first-order valence-corrected chi connectivity index (χ1v) is 12.6. The van der Waals surface area contributed by atoms with Gasteiger partial charge in [0, 0.05) is 0 Å². The van der Waals surface area contributed by atoms with Crippen LogP contribution in [0.5, 0.6) is 11.5 Å². The minimum Gasteiger partial charge on any atom is -0.497 e. The van der Waals surface area contributed by atoms with Crippen LogP contribution < -0.4 is 20.9 Å². The molecule has 11 heteroatoms. The van der Waals surface area contributed by atoms with Crippen molar-refractivity contribution >= 4 is 5.95 Å². The third kappa shape index (κ3) is 5.03. The molecule has 0 aliphatic carbocycles. The molecule has 1 aromatic heterocycles. The summed E-state index contributed by atoms with van der Waals surface area (Å²) in [5.74, 6) is 1.15. The average molecular weight is 547 g/mol. The Morgan fingerprint density at radius 3 is 1.95 bits per heavy atom. The lowest BCUT2D eigenvalue weighted by molar-refractivity contribution is -0.0960. The Kier molecular flexibility index (Phi) is 7.81. The molecular weight excluding hydrogens is 516 g/mol. The van der Waals surface area contributed by atoms with Crippen LogP contribution in [0.3, 0.4) is 0 Å². The van der Waals surface area contributed by atoms with Gasteiger partial charge in [0.15, 0.2) is 6.23 Å². The molecule has 2 heterocycles. The number of benzene rings is 3. The summed E-state index contributed by atoms with van der Waals surface area (Å²) in [6.45, 7) is -0.147. The summed E-state index contributed by atoms with van der Waals surface area (Å²) < 4.78 is 24.4. The predicted octanol–water partition coefficient (Wildman–Crippen LogP) is 1.87. The SMILES string of the molecule is COc1ccc(C(OC[C@H]2O[C@@H](n3cnc(N)nc3=O)[C@H](O)[C@@H]2O)(c2ccccc2)c2ccc(OC)cc2)cc1. The third-order valence-corrected chi connectivity index (χ3v) is 6.99. The molecule has 0 spiro atoms. The van der Waals surface area contributed by atoms with Crippen LogP contribution in [0.2, 0.25) is 0 Å². The first-order chi connectivity index (χ1) is 19.4. The molecule has 3 aromatic carbocycles. The van der Waals surface area contributed by atoms with Gasteiger partial charge in [0.25, 0.3) is 0 Å². The number of nitrogen functional groups attached to an aromatic ring is 1. The van der Waals surface area contributed by atoms with Gasteiger partial charge < -0.3 is 34.9 Å². The van der Waals surface area contributed by atoms with Crippen molar-refractivity contribution < 1.29 is 29.2 Å². The Bertz CT molecular complexity index is 1430. The van der Waals surface area contributed by atoms with Crippen molar-refractivity contribution in [3.8, 4) is 11.5 Å². The number of rotatable bonds is 9. The van der Waals surface area contributed by atoms with Crippen LogP contribution in [0.4, 0.5) is 5.95 Å². The molecule has 1 saturated heterocycles. The molecule has 1 aliphatic rings. The average Bonchev–Trinajstić information content (AvgIpc) is 3.27. The zero-order valence-electron chi connectivity index (χ0n) is 22.0. The van der Waals surface area contributed by atoms with Crippen LogP contribution in [0.15, 0.2) is 90.0 Å². The van der Waals surface area contributed by atoms with E-state index in [1.807, 2.05) is 78.9 Å². The van der Waals surface area contributed by atoms with E-state index in [-0.39, 0.29) is 12.6 Å². The normalized spacial score (nSPS) is 20.8. The van der Waals surface area contributed by atoms with Crippen molar-refractivity contribution in [1.82, 2.24) is 14.5 Å². The van der Waals surface area contributed by atoms with Crippen molar-refractivity contribution in [3.63, 3.8) is 0 Å². The number of aliphatic hydroxyl groups is 2. The molecule has 0 amide bonds. The molecule has 1 fully saturated rings. The number of ether oxygens (including phenoxy) is 4. The van der Waals surface area contributed by atoms with Gasteiger partial charge in [0.2, 0.25) is 5.95 Å². The van der Waals surface area contributed by atoms with Gasteiger partial charge in [-0.1, -0.05) is 54.6 Å². The lowest BCUT2D eigenvalue weighted by atomic mass is 9.80. The second-order valence-corrected chi connectivity index (χ2v) is 9.27. The fourth-order valence-electron chi connectivity index (χ4n) is 4.91. The minimum atomic E-state index is -1.44. The summed E-state index contributed by atoms with van der Waals surface area (Å²) >= 11 is 0. The largest absolute Gasteiger partial charge is 0.497 e. The first kappa shape index (κ1) is 27.3. The van der Waals surface area contributed by atoms with Gasteiger partial charge in [-0.2, -0.15) is 4.98 Å². The molecule has 0 radical (unpaired) electrons. The highest BCUT2D eigenvalue weighted by Gasteiger charge is 2.46. The van der Waals surface area contributed by atoms with Crippen molar-refractivity contribution in [2.24, 2.45) is 0 Å². The van der Waals surface area contributed by atoms with E-state index in [2.05, 4.69) is 9.97 Å². The smallest absolute Gasteiger partial charge is 0.354 e. The number of aromatic nitrogens is 3. The Balaban J connectivity index is 1.55. The Labute approximate surface area is 230 Å². The summed E-state index contributed by atoms with van der Waals surface area (Å²) in [6, 6.07) is 24.6. The molecule has 11 nitrogen and oxygen atoms in total. The van der Waals surface area contributed by atoms with Crippen molar-refractivity contribution in [2.45, 2.75) is 30.1 Å². The molecule has 0 unspecified atom stereocenters. The number of methoxy groups -OCH3 is 2. The Morgan fingerprint density at radius 1 is 0.875 bits per heavy atom. The van der Waals surface area contributed by atoms with E-state index in [0.717, 1.165) is 27.6 Å². The fraction of sp³-hybridized carbons (Fsp3) is 0.276. The third-order valence-electron chi connectivity index (χ3n) is 6.99. The van der Waals surface area contributed by atoms with Crippen LogP contribution in [0.1, 0.15) is 22.9 Å². The number of nitrogens with two attached hydrogens (primary N) is 1. The maximum Gasteiger partial charge on any atom is 0.354 e. The number of anilines is 1. The molecular formula is C29H30N4O7. The van der Waals surface area contributed by atoms with Crippen LogP contribution in [0.25, 0.3) is 0 Å². The molecule has 4 aromatic rings. The molecule has 4 atom stereocenters. The van der Waals surface area contributed by atoms with Gasteiger partial charge >= 0.3 is 5.69 Å². The van der Waals surface area contributed by atoms with E-state index >= 15 is 0 Å². The van der Waals surface area contributed by atoms with Crippen LogP contribution in [-0.2, 0) is 15.1 Å². The standard InChI is InChI=1S/C29H30N4O7/c1-37-21-12-8-19(9-13-21)29(18-6-4-3-5-7-18,20-10-14-22(38-2)15-11-20)39-16-23-24(34)25(35)26(40-23)33-17-31-27(30)32-28(33)36/h3-15,17,23-26,34-35H,16H2,1-2H3,(H2,30,32,36)/t23-,24-,25-,26-/m1/s1. The van der Waals surface area contributed by atoms with E-state index in [4.69, 9.17) is 24.7 Å². The van der Waals surface area contributed by atoms with Crippen LogP contribution in [0, 0.1) is 0 Å². The lowest BCUT2D eigenvalue weighted by Gasteiger charge is -2.37. The number of hydrogen-bond acceptors (Lipinski definition) is 10. The number of nitrogens with zero attached hydrogens (tertiary/aromatic N) is 3. The van der Waals surface area contributed by atoms with E-state index in [1.165, 1.54) is 0 Å². The van der Waals surface area contributed by atoms with E-state index in [0.29, 0.717) is 11.5 Å². The van der Waals surface area contributed by atoms with Gasteiger partial charge in [0.1, 0.15) is 41.7 Å². The lowest BCUT2D eigenvalue weighted by Crippen LogP contribution is -2.39. The zero-order valence-corrected chi connectivity index (χ0v) is 22.0. The fourth-order valence-corrected chi connectivity index (χ4v) is 4.91. The number of hydrogen-bond donors (Lipinski definition) is 3. The van der Waals surface area contributed by atoms with E-state index < -0.39 is 35.8 Å². The maximum absolute atomic E-state index is 12.4. The molecule has 0 bridgehead atoms. The van der Waals surface area contributed by atoms with Crippen molar-refractivity contribution in [3.05, 3.63) is 112 Å². The van der Waals surface area contributed by atoms with E-state index in [1.54, 1.807) is 14.2 Å². The molecule has 40 heavy (non-hydrogen) atoms. The monoisotopic (exact) mass is 546 g/mol. The second kappa shape index (κ2) is 11.4. The predicted molar refractivity (Wildman–Crippen MR) is 145 cm³/mol. The first-order valence-electron chi connectivity index (χ1n) is 12.6. The minimum absolute atomic E-state index is 0.147. The summed E-state index contributed by atoms with van der Waals surface area (Å²) in [7, 11) is 3.19. The van der Waals surface area contributed by atoms with Crippen molar-refractivity contribution in [2.75, 3.05) is 26.6 Å². The highest BCUT2D eigenvalue weighted by atomic mass is 16.6. The molecule has 1 aliphatic heterocycles. The number of aliphatic hydroxyl groups excluding tert-OH is 2. The molecule has 208 valence electrons. The summed E-state index contributed by atoms with van der Waals surface area (Å²) in [6.07, 6.45) is -3.91. The summed E-state index contributed by atoms with van der Waals surface area (Å²) in [4.78, 5) is 19.8. The van der Waals surface area contributed by atoms with Gasteiger partial charge in [-0.3, -0.25) is 4.57 Å². The van der Waals surface area contributed by atoms with Gasteiger partial charge in [0.05, 0.1) is 20.8 Å². The summed E-state index contributed by atoms with van der Waals surface area (Å²) in [5.41, 5.74) is 5.96. The van der Waals surface area contributed by atoms with Gasteiger partial charge in [-0.25, -0.2) is 9.78 Å². The Morgan fingerprint density at radius 2 is 1.43 bits per heavy atom. The molecule has 4 N–H and O–H groups in total. The summed E-state index contributed by atoms with van der Waals surface area (Å²) in [5, 5.41) is 21.7.